The van der Waals surface area contributed by atoms with Gasteiger partial charge in [0.05, 0.1) is 42.8 Å². The van der Waals surface area contributed by atoms with E-state index in [1.165, 1.54) is 23.1 Å². The minimum atomic E-state index is -0.486. The highest BCUT2D eigenvalue weighted by Gasteiger charge is 2.32. The summed E-state index contributed by atoms with van der Waals surface area (Å²) in [6.07, 6.45) is 1.22. The standard InChI is InChI=1S/C25H20ClN7O2S2/c1-28-22-21(20-6-7-33(31-20)8-9-34)19(10-27)25(30-23(22)32-11-18(35)12-32)37-14-17-13-36-24(29-17)15-2-4-16(26)5-3-15/h2-7,13,18,34-35H,8-9,11-12,14H2. The lowest BCUT2D eigenvalue weighted by Crippen LogP contribution is -2.51. The first-order valence-electron chi connectivity index (χ1n) is 11.3. The van der Waals surface area contributed by atoms with Gasteiger partial charge in [-0.3, -0.25) is 4.68 Å². The number of rotatable bonds is 8. The van der Waals surface area contributed by atoms with Gasteiger partial charge in [-0.2, -0.15) is 10.4 Å². The van der Waals surface area contributed by atoms with Crippen molar-refractivity contribution in [3.05, 3.63) is 69.6 Å². The summed E-state index contributed by atoms with van der Waals surface area (Å²) in [5.74, 6) is 0.900. The van der Waals surface area contributed by atoms with Gasteiger partial charge >= 0.3 is 0 Å². The summed E-state index contributed by atoms with van der Waals surface area (Å²) in [5, 5.41) is 37.8. The van der Waals surface area contributed by atoms with Crippen LogP contribution in [0.25, 0.3) is 26.7 Å². The van der Waals surface area contributed by atoms with Gasteiger partial charge in [-0.1, -0.05) is 35.5 Å². The zero-order chi connectivity index (χ0) is 25.9. The van der Waals surface area contributed by atoms with Gasteiger partial charge in [0.1, 0.15) is 21.9 Å². The molecule has 0 bridgehead atoms. The highest BCUT2D eigenvalue weighted by molar-refractivity contribution is 7.98. The van der Waals surface area contributed by atoms with Crippen LogP contribution in [-0.4, -0.2) is 55.8 Å². The van der Waals surface area contributed by atoms with E-state index in [1.54, 1.807) is 16.9 Å². The Kier molecular flexibility index (Phi) is 7.42. The number of β-amino-alcohol motifs (C(OH)–C–C–N with tert-alkyl or cyclic N) is 1. The topological polar surface area (TPSA) is 115 Å². The Labute approximate surface area is 226 Å². The van der Waals surface area contributed by atoms with E-state index in [2.05, 4.69) is 16.0 Å². The SMILES string of the molecule is [C-]#[N+]c1c(N2CC(O)C2)nc(SCc2csc(-c3ccc(Cl)cc3)n2)c(C#N)c1-c1ccn(CCO)n1. The molecule has 4 aromatic rings. The summed E-state index contributed by atoms with van der Waals surface area (Å²) < 4.78 is 1.57. The summed E-state index contributed by atoms with van der Waals surface area (Å²) in [4.78, 5) is 15.0. The van der Waals surface area contributed by atoms with Crippen molar-refractivity contribution in [2.45, 2.75) is 23.4 Å². The van der Waals surface area contributed by atoms with Crippen LogP contribution >= 0.6 is 34.7 Å². The fourth-order valence-corrected chi connectivity index (χ4v) is 5.85. The molecule has 5 rings (SSSR count). The van der Waals surface area contributed by atoms with E-state index < -0.39 is 6.10 Å². The van der Waals surface area contributed by atoms with Crippen LogP contribution in [0.3, 0.4) is 0 Å². The van der Waals surface area contributed by atoms with Crippen LogP contribution < -0.4 is 4.90 Å². The lowest BCUT2D eigenvalue weighted by atomic mass is 10.0. The van der Waals surface area contributed by atoms with E-state index >= 15 is 0 Å². The summed E-state index contributed by atoms with van der Waals surface area (Å²) >= 11 is 8.89. The molecule has 0 unspecified atom stereocenters. The quantitative estimate of drug-likeness (QED) is 0.242. The van der Waals surface area contributed by atoms with Crippen LogP contribution in [0.15, 0.2) is 46.9 Å². The van der Waals surface area contributed by atoms with Crippen molar-refractivity contribution in [2.75, 3.05) is 24.6 Å². The molecule has 12 heteroatoms. The lowest BCUT2D eigenvalue weighted by molar-refractivity contribution is 0.141. The molecule has 3 aromatic heterocycles. The minimum absolute atomic E-state index is 0.0814. The molecule has 0 saturated carbocycles. The van der Waals surface area contributed by atoms with Crippen LogP contribution in [-0.2, 0) is 12.3 Å². The lowest BCUT2D eigenvalue weighted by Gasteiger charge is -2.38. The molecule has 1 fully saturated rings. The molecule has 1 aliphatic heterocycles. The van der Waals surface area contributed by atoms with Crippen molar-refractivity contribution in [3.8, 4) is 27.9 Å². The Balaban J connectivity index is 1.51. The number of aliphatic hydroxyl groups is 2. The fraction of sp³-hybridized carbons (Fsp3) is 0.240. The molecular formula is C25H20ClN7O2S2. The second-order valence-corrected chi connectivity index (χ2v) is 10.5. The number of pyridine rings is 1. The third-order valence-electron chi connectivity index (χ3n) is 5.73. The van der Waals surface area contributed by atoms with Gasteiger partial charge in [0.25, 0.3) is 0 Å². The van der Waals surface area contributed by atoms with Crippen molar-refractivity contribution in [1.29, 1.82) is 5.26 Å². The van der Waals surface area contributed by atoms with Gasteiger partial charge < -0.3 is 15.1 Å². The molecule has 1 aliphatic rings. The Morgan fingerprint density at radius 2 is 2.03 bits per heavy atom. The Bertz CT molecular complexity index is 1520. The Morgan fingerprint density at radius 3 is 2.70 bits per heavy atom. The third-order valence-corrected chi connectivity index (χ3v) is 7.93. The zero-order valence-electron chi connectivity index (χ0n) is 19.4. The number of thiazole rings is 1. The molecule has 1 saturated heterocycles. The van der Waals surface area contributed by atoms with Gasteiger partial charge in [0.15, 0.2) is 0 Å². The number of halogens is 1. The van der Waals surface area contributed by atoms with Crippen LogP contribution in [0.2, 0.25) is 5.02 Å². The van der Waals surface area contributed by atoms with E-state index in [-0.39, 0.29) is 17.9 Å². The molecule has 1 aromatic carbocycles. The number of thioether (sulfide) groups is 1. The largest absolute Gasteiger partial charge is 0.394 e. The van der Waals surface area contributed by atoms with Crippen LogP contribution in [0.1, 0.15) is 11.3 Å². The van der Waals surface area contributed by atoms with Gasteiger partial charge in [-0.05, 0) is 18.2 Å². The van der Waals surface area contributed by atoms with Crippen LogP contribution in [0, 0.1) is 17.9 Å². The number of nitriles is 1. The Morgan fingerprint density at radius 1 is 1.24 bits per heavy atom. The summed E-state index contributed by atoms with van der Waals surface area (Å²) in [6, 6.07) is 11.5. The first-order valence-corrected chi connectivity index (χ1v) is 13.5. The van der Waals surface area contributed by atoms with E-state index in [4.69, 9.17) is 28.1 Å². The van der Waals surface area contributed by atoms with Crippen LogP contribution in [0.5, 0.6) is 0 Å². The predicted molar refractivity (Wildman–Crippen MR) is 144 cm³/mol. The van der Waals surface area contributed by atoms with Gasteiger partial charge in [0, 0.05) is 46.6 Å². The second-order valence-electron chi connectivity index (χ2n) is 8.25. The van der Waals surface area contributed by atoms with E-state index in [0.717, 1.165) is 16.3 Å². The highest BCUT2D eigenvalue weighted by Crippen LogP contribution is 2.44. The smallest absolute Gasteiger partial charge is 0.239 e. The third kappa shape index (κ3) is 5.18. The number of anilines is 1. The first kappa shape index (κ1) is 25.2. The number of nitrogens with zero attached hydrogens (tertiary/aromatic N) is 7. The molecule has 0 spiro atoms. The Hall–Kier alpha value is -3.45. The highest BCUT2D eigenvalue weighted by atomic mass is 35.5. The molecule has 186 valence electrons. The fourth-order valence-electron chi connectivity index (χ4n) is 3.92. The summed E-state index contributed by atoms with van der Waals surface area (Å²) in [5.41, 5.74) is 3.17. The molecule has 0 aliphatic carbocycles. The maximum absolute atomic E-state index is 10.1. The summed E-state index contributed by atoms with van der Waals surface area (Å²) in [7, 11) is 0. The molecule has 2 N–H and O–H groups in total. The normalized spacial score (nSPS) is 13.3. The first-order chi connectivity index (χ1) is 18.0. The molecule has 37 heavy (non-hydrogen) atoms. The predicted octanol–water partition coefficient (Wildman–Crippen LogP) is 4.61. The van der Waals surface area contributed by atoms with Crippen molar-refractivity contribution in [1.82, 2.24) is 19.7 Å². The van der Waals surface area contributed by atoms with Gasteiger partial charge in [-0.15, -0.1) is 11.3 Å². The van der Waals surface area contributed by atoms with Gasteiger partial charge in [-0.25, -0.2) is 14.8 Å². The van der Waals surface area contributed by atoms with Crippen molar-refractivity contribution < 1.29 is 10.2 Å². The zero-order valence-corrected chi connectivity index (χ0v) is 21.8. The monoisotopic (exact) mass is 549 g/mol. The van der Waals surface area contributed by atoms with Gasteiger partial charge in [0.2, 0.25) is 5.69 Å². The maximum Gasteiger partial charge on any atom is 0.239 e. The molecule has 0 amide bonds. The average Bonchev–Trinajstić information content (AvgIpc) is 3.55. The minimum Gasteiger partial charge on any atom is -0.394 e. The average molecular weight is 550 g/mol. The van der Waals surface area contributed by atoms with Crippen LogP contribution in [0.4, 0.5) is 11.5 Å². The van der Waals surface area contributed by atoms with Crippen molar-refractivity contribution in [3.63, 3.8) is 0 Å². The van der Waals surface area contributed by atoms with E-state index in [0.29, 0.717) is 52.5 Å². The molecule has 0 atom stereocenters. The van der Waals surface area contributed by atoms with Crippen molar-refractivity contribution in [2.24, 2.45) is 0 Å². The van der Waals surface area contributed by atoms with E-state index in [1.807, 2.05) is 34.5 Å². The van der Waals surface area contributed by atoms with Crippen molar-refractivity contribution >= 4 is 46.2 Å². The maximum atomic E-state index is 10.1. The molecule has 0 radical (unpaired) electrons. The molecule has 4 heterocycles. The molecular weight excluding hydrogens is 530 g/mol. The summed E-state index contributed by atoms with van der Waals surface area (Å²) in [6.45, 7) is 8.81. The number of hydrogen-bond acceptors (Lipinski definition) is 9. The number of benzene rings is 1. The number of aromatic nitrogens is 4. The molecule has 9 nitrogen and oxygen atoms in total. The number of hydrogen-bond donors (Lipinski definition) is 2. The van der Waals surface area contributed by atoms with E-state index in [9.17, 15) is 15.5 Å². The second kappa shape index (κ2) is 10.9. The number of aliphatic hydroxyl groups excluding tert-OH is 2.